The molecule has 0 amide bonds. The molecule has 126 valence electrons. The van der Waals surface area contributed by atoms with Crippen LogP contribution in [-0.4, -0.2) is 19.3 Å². The molecule has 0 unspecified atom stereocenters. The molecule has 6 atom stereocenters. The van der Waals surface area contributed by atoms with Gasteiger partial charge in [0.25, 0.3) is 0 Å². The van der Waals surface area contributed by atoms with Crippen molar-refractivity contribution in [3.63, 3.8) is 0 Å². The first-order valence-electron chi connectivity index (χ1n) is 9.62. The minimum atomic E-state index is 0.281. The van der Waals surface area contributed by atoms with Gasteiger partial charge in [-0.2, -0.15) is 0 Å². The maximum atomic E-state index is 6.03. The Morgan fingerprint density at radius 2 is 1.91 bits per heavy atom. The van der Waals surface area contributed by atoms with E-state index in [2.05, 4.69) is 26.0 Å². The molecule has 0 N–H and O–H groups in total. The van der Waals surface area contributed by atoms with Gasteiger partial charge < -0.3 is 9.47 Å². The number of hydrogen-bond acceptors (Lipinski definition) is 2. The molecular formula is C21H30O2. The van der Waals surface area contributed by atoms with E-state index in [0.29, 0.717) is 10.8 Å². The third-order valence-electron chi connectivity index (χ3n) is 8.78. The minimum Gasteiger partial charge on any atom is -0.501 e. The Bertz CT molecular complexity index is 599. The van der Waals surface area contributed by atoms with Crippen LogP contribution in [0.5, 0.6) is 0 Å². The van der Waals surface area contributed by atoms with Crippen molar-refractivity contribution >= 4 is 0 Å². The Hall–Kier alpha value is -0.760. The van der Waals surface area contributed by atoms with Gasteiger partial charge in [-0.15, -0.1) is 0 Å². The second-order valence-electron chi connectivity index (χ2n) is 9.28. The number of epoxide rings is 1. The molecule has 4 aliphatic carbocycles. The zero-order valence-corrected chi connectivity index (χ0v) is 14.9. The first kappa shape index (κ1) is 14.6. The Labute approximate surface area is 140 Å². The topological polar surface area (TPSA) is 21.8 Å². The van der Waals surface area contributed by atoms with E-state index in [4.69, 9.17) is 9.47 Å². The molecule has 0 bridgehead atoms. The maximum Gasteiger partial charge on any atom is 0.0972 e. The normalized spacial score (nSPS) is 53.8. The highest BCUT2D eigenvalue weighted by molar-refractivity contribution is 5.36. The van der Waals surface area contributed by atoms with Gasteiger partial charge in [0, 0.05) is 11.8 Å². The van der Waals surface area contributed by atoms with Gasteiger partial charge in [0.15, 0.2) is 0 Å². The quantitative estimate of drug-likeness (QED) is 0.645. The lowest BCUT2D eigenvalue weighted by Crippen LogP contribution is -2.50. The molecule has 1 heterocycles. The molecule has 2 saturated carbocycles. The van der Waals surface area contributed by atoms with Gasteiger partial charge in [0.1, 0.15) is 0 Å². The average molecular weight is 314 g/mol. The van der Waals surface area contributed by atoms with Gasteiger partial charge in [0.05, 0.1) is 25.1 Å². The van der Waals surface area contributed by atoms with Crippen LogP contribution in [0.15, 0.2) is 23.5 Å². The fourth-order valence-corrected chi connectivity index (χ4v) is 7.11. The van der Waals surface area contributed by atoms with Crippen molar-refractivity contribution in [1.29, 1.82) is 0 Å². The largest absolute Gasteiger partial charge is 0.501 e. The number of ether oxygens (including phenoxy) is 2. The van der Waals surface area contributed by atoms with Crippen molar-refractivity contribution in [2.24, 2.45) is 28.6 Å². The van der Waals surface area contributed by atoms with Gasteiger partial charge >= 0.3 is 0 Å². The number of rotatable bonds is 1. The molecule has 5 rings (SSSR count). The lowest BCUT2D eigenvalue weighted by atomic mass is 9.48. The lowest BCUT2D eigenvalue weighted by Gasteiger charge is -2.56. The van der Waals surface area contributed by atoms with Crippen LogP contribution in [-0.2, 0) is 9.47 Å². The zero-order chi connectivity index (χ0) is 15.9. The SMILES string of the molecule is COC1=CC2=CC[C@@H]3[C@@H](CC[C@@]4(C)[C@@H]3CC[C@@]43CO3)[C@@]2(C)CC1. The van der Waals surface area contributed by atoms with Crippen LogP contribution in [0, 0.1) is 28.6 Å². The molecule has 1 spiro atoms. The molecule has 3 fully saturated rings. The Balaban J connectivity index is 1.51. The fraction of sp³-hybridized carbons (Fsp3) is 0.810. The summed E-state index contributed by atoms with van der Waals surface area (Å²) in [5, 5.41) is 0. The monoisotopic (exact) mass is 314 g/mol. The van der Waals surface area contributed by atoms with E-state index in [9.17, 15) is 0 Å². The van der Waals surface area contributed by atoms with E-state index in [-0.39, 0.29) is 5.60 Å². The van der Waals surface area contributed by atoms with Gasteiger partial charge in [-0.1, -0.05) is 19.9 Å². The van der Waals surface area contributed by atoms with Crippen molar-refractivity contribution in [3.05, 3.63) is 23.5 Å². The van der Waals surface area contributed by atoms with Crippen LogP contribution in [0.2, 0.25) is 0 Å². The second-order valence-corrected chi connectivity index (χ2v) is 9.28. The maximum absolute atomic E-state index is 6.03. The number of methoxy groups -OCH3 is 1. The summed E-state index contributed by atoms with van der Waals surface area (Å²) in [6.45, 7) is 6.13. The molecule has 0 aromatic heterocycles. The molecule has 23 heavy (non-hydrogen) atoms. The highest BCUT2D eigenvalue weighted by atomic mass is 16.6. The third-order valence-corrected chi connectivity index (χ3v) is 8.78. The predicted molar refractivity (Wildman–Crippen MR) is 90.9 cm³/mol. The summed E-state index contributed by atoms with van der Waals surface area (Å²) >= 11 is 0. The summed E-state index contributed by atoms with van der Waals surface area (Å²) in [5.74, 6) is 3.80. The van der Waals surface area contributed by atoms with E-state index in [1.54, 1.807) is 5.57 Å². The van der Waals surface area contributed by atoms with Crippen molar-refractivity contribution in [2.45, 2.75) is 64.4 Å². The van der Waals surface area contributed by atoms with Gasteiger partial charge in [-0.3, -0.25) is 0 Å². The van der Waals surface area contributed by atoms with Crippen LogP contribution in [0.3, 0.4) is 0 Å². The minimum absolute atomic E-state index is 0.281. The van der Waals surface area contributed by atoms with Gasteiger partial charge in [-0.25, -0.2) is 0 Å². The van der Waals surface area contributed by atoms with Crippen molar-refractivity contribution in [3.8, 4) is 0 Å². The smallest absolute Gasteiger partial charge is 0.0972 e. The lowest BCUT2D eigenvalue weighted by molar-refractivity contribution is -0.0446. The summed E-state index contributed by atoms with van der Waals surface area (Å²) in [6, 6.07) is 0. The Kier molecular flexibility index (Phi) is 2.82. The predicted octanol–water partition coefficient (Wildman–Crippen LogP) is 4.86. The van der Waals surface area contributed by atoms with Crippen LogP contribution < -0.4 is 0 Å². The summed E-state index contributed by atoms with van der Waals surface area (Å²) < 4.78 is 11.6. The van der Waals surface area contributed by atoms with Crippen LogP contribution in [0.25, 0.3) is 0 Å². The molecule has 0 radical (unpaired) electrons. The summed E-state index contributed by atoms with van der Waals surface area (Å²) in [6.07, 6.45) is 14.1. The Morgan fingerprint density at radius 1 is 1.13 bits per heavy atom. The number of allylic oxidation sites excluding steroid dienone is 4. The first-order valence-corrected chi connectivity index (χ1v) is 9.62. The zero-order valence-electron chi connectivity index (χ0n) is 14.9. The molecule has 5 aliphatic rings. The average Bonchev–Trinajstić information content (AvgIpc) is 3.28. The summed E-state index contributed by atoms with van der Waals surface area (Å²) in [4.78, 5) is 0. The summed E-state index contributed by atoms with van der Waals surface area (Å²) in [5.41, 5.74) is 2.69. The second kappa shape index (κ2) is 4.45. The highest BCUT2D eigenvalue weighted by Crippen LogP contribution is 2.70. The van der Waals surface area contributed by atoms with Crippen LogP contribution >= 0.6 is 0 Å². The van der Waals surface area contributed by atoms with Crippen LogP contribution in [0.1, 0.15) is 58.8 Å². The summed E-state index contributed by atoms with van der Waals surface area (Å²) in [7, 11) is 1.82. The molecule has 2 nitrogen and oxygen atoms in total. The Morgan fingerprint density at radius 3 is 2.65 bits per heavy atom. The number of fused-ring (bicyclic) bond motifs is 6. The molecule has 2 heteroatoms. The standard InChI is InChI=1S/C21H30O2/c1-19-9-6-15(22-3)12-14(19)4-5-16-17(19)7-10-20(2)18(16)8-11-21(20)13-23-21/h4,12,16-18H,5-11,13H2,1-3H3/t16-,17-,18-,19+,20+,21-/m1/s1. The van der Waals surface area contributed by atoms with E-state index < -0.39 is 0 Å². The van der Waals surface area contributed by atoms with Crippen molar-refractivity contribution in [1.82, 2.24) is 0 Å². The van der Waals surface area contributed by atoms with Gasteiger partial charge in [0.2, 0.25) is 0 Å². The van der Waals surface area contributed by atoms with E-state index in [1.807, 2.05) is 7.11 Å². The fourth-order valence-electron chi connectivity index (χ4n) is 7.11. The van der Waals surface area contributed by atoms with Crippen molar-refractivity contribution in [2.75, 3.05) is 13.7 Å². The first-order chi connectivity index (χ1) is 11.0. The van der Waals surface area contributed by atoms with Gasteiger partial charge in [-0.05, 0) is 73.3 Å². The molecule has 1 aliphatic heterocycles. The van der Waals surface area contributed by atoms with Crippen LogP contribution in [0.4, 0.5) is 0 Å². The number of hydrogen-bond donors (Lipinski definition) is 0. The van der Waals surface area contributed by atoms with E-state index >= 15 is 0 Å². The van der Waals surface area contributed by atoms with E-state index in [0.717, 1.165) is 30.8 Å². The van der Waals surface area contributed by atoms with E-state index in [1.165, 1.54) is 44.3 Å². The highest BCUT2D eigenvalue weighted by Gasteiger charge is 2.69. The third kappa shape index (κ3) is 1.69. The molecule has 0 aromatic rings. The van der Waals surface area contributed by atoms with Crippen molar-refractivity contribution < 1.29 is 9.47 Å². The molecule has 1 saturated heterocycles. The molecule has 0 aromatic carbocycles. The molecular weight excluding hydrogens is 284 g/mol.